The van der Waals surface area contributed by atoms with Crippen LogP contribution in [0.5, 0.6) is 0 Å². The average Bonchev–Trinajstić information content (AvgIpc) is 3.24. The number of nitrogens with one attached hydrogen (secondary N) is 2. The number of aromatic nitrogens is 2. The van der Waals surface area contributed by atoms with Gasteiger partial charge in [0.2, 0.25) is 0 Å². The molecule has 0 radical (unpaired) electrons. The molecule has 0 unspecified atom stereocenters. The Bertz CT molecular complexity index is 968. The van der Waals surface area contributed by atoms with Crippen LogP contribution < -0.4 is 10.6 Å². The molecule has 0 aliphatic carbocycles. The Morgan fingerprint density at radius 3 is 2.81 bits per heavy atom. The molecule has 0 saturated carbocycles. The Morgan fingerprint density at radius 1 is 1.26 bits per heavy atom. The number of carbonyl (C=O) groups is 1. The molecule has 0 saturated heterocycles. The highest BCUT2D eigenvalue weighted by molar-refractivity contribution is 6.30. The summed E-state index contributed by atoms with van der Waals surface area (Å²) in [6.45, 7) is 3.16. The Kier molecular flexibility index (Phi) is 4.86. The van der Waals surface area contributed by atoms with Gasteiger partial charge < -0.3 is 10.6 Å². The number of anilines is 1. The Balaban J connectivity index is 1.54. The van der Waals surface area contributed by atoms with Crippen molar-refractivity contribution in [3.8, 4) is 0 Å². The van der Waals surface area contributed by atoms with Gasteiger partial charge in [-0.15, -0.1) is 0 Å². The number of rotatable bonds is 5. The fourth-order valence-electron chi connectivity index (χ4n) is 3.45. The van der Waals surface area contributed by atoms with E-state index in [2.05, 4.69) is 27.9 Å². The number of amides is 1. The molecule has 2 aromatic carbocycles. The number of benzene rings is 2. The van der Waals surface area contributed by atoms with Gasteiger partial charge in [0.05, 0.1) is 18.3 Å². The maximum absolute atomic E-state index is 12.9. The second-order valence-corrected chi connectivity index (χ2v) is 7.06. The van der Waals surface area contributed by atoms with Crippen LogP contribution >= 0.6 is 11.6 Å². The van der Waals surface area contributed by atoms with Crippen molar-refractivity contribution in [3.63, 3.8) is 0 Å². The van der Waals surface area contributed by atoms with Crippen molar-refractivity contribution in [2.45, 2.75) is 32.5 Å². The highest BCUT2D eigenvalue weighted by atomic mass is 35.5. The first-order chi connectivity index (χ1) is 13.2. The summed E-state index contributed by atoms with van der Waals surface area (Å²) in [5.74, 6) is 0.679. The van der Waals surface area contributed by atoms with Gasteiger partial charge in [-0.3, -0.25) is 4.79 Å². The molecule has 3 aromatic rings. The third-order valence-corrected chi connectivity index (χ3v) is 5.03. The van der Waals surface area contributed by atoms with Gasteiger partial charge in [-0.05, 0) is 29.7 Å². The summed E-state index contributed by atoms with van der Waals surface area (Å²) in [5.41, 5.74) is 3.60. The molecule has 0 fully saturated rings. The van der Waals surface area contributed by atoms with E-state index in [1.807, 2.05) is 54.1 Å². The molecule has 5 nitrogen and oxygen atoms in total. The first kappa shape index (κ1) is 17.6. The third-order valence-electron chi connectivity index (χ3n) is 4.80. The lowest BCUT2D eigenvalue weighted by Crippen LogP contribution is -2.24. The highest BCUT2D eigenvalue weighted by Gasteiger charge is 2.30. The second kappa shape index (κ2) is 7.45. The number of hydrogen-bond donors (Lipinski definition) is 2. The van der Waals surface area contributed by atoms with Gasteiger partial charge in [0.1, 0.15) is 11.4 Å². The van der Waals surface area contributed by atoms with Crippen molar-refractivity contribution in [1.29, 1.82) is 0 Å². The van der Waals surface area contributed by atoms with E-state index < -0.39 is 0 Å². The normalized spacial score (nSPS) is 15.3. The summed E-state index contributed by atoms with van der Waals surface area (Å²) in [5, 5.41) is 11.8. The minimum absolute atomic E-state index is 0.116. The maximum atomic E-state index is 12.9. The van der Waals surface area contributed by atoms with Gasteiger partial charge in [-0.2, -0.15) is 5.10 Å². The summed E-state index contributed by atoms with van der Waals surface area (Å²) >= 11 is 6.02. The van der Waals surface area contributed by atoms with Crippen LogP contribution in [0.15, 0.2) is 54.6 Å². The lowest BCUT2D eigenvalue weighted by Gasteiger charge is -2.12. The minimum atomic E-state index is -0.116. The fraction of sp³-hybridized carbons (Fsp3) is 0.238. The quantitative estimate of drug-likeness (QED) is 0.697. The van der Waals surface area contributed by atoms with Gasteiger partial charge in [0.25, 0.3) is 5.91 Å². The highest BCUT2D eigenvalue weighted by Crippen LogP contribution is 2.33. The third kappa shape index (κ3) is 3.55. The molecule has 2 N–H and O–H groups in total. The molecule has 138 valence electrons. The van der Waals surface area contributed by atoms with Gasteiger partial charge in [-0.25, -0.2) is 4.68 Å². The smallest absolute Gasteiger partial charge is 0.257 e. The molecule has 6 heteroatoms. The van der Waals surface area contributed by atoms with Gasteiger partial charge in [0.15, 0.2) is 0 Å². The van der Waals surface area contributed by atoms with Gasteiger partial charge in [0, 0.05) is 11.6 Å². The topological polar surface area (TPSA) is 59.0 Å². The molecule has 27 heavy (non-hydrogen) atoms. The Labute approximate surface area is 163 Å². The Morgan fingerprint density at radius 2 is 2.07 bits per heavy atom. The average molecular weight is 381 g/mol. The molecule has 4 rings (SSSR count). The molecule has 1 aromatic heterocycles. The maximum Gasteiger partial charge on any atom is 0.257 e. The van der Waals surface area contributed by atoms with E-state index in [1.165, 1.54) is 5.56 Å². The molecule has 1 amide bonds. The van der Waals surface area contributed by atoms with E-state index in [0.29, 0.717) is 30.1 Å². The summed E-state index contributed by atoms with van der Waals surface area (Å²) in [7, 11) is 0. The number of hydrogen-bond acceptors (Lipinski definition) is 3. The van der Waals surface area contributed by atoms with Crippen LogP contribution in [0.3, 0.4) is 0 Å². The number of nitrogens with zero attached hydrogens (tertiary/aromatic N) is 2. The van der Waals surface area contributed by atoms with E-state index in [0.717, 1.165) is 17.1 Å². The molecule has 0 bridgehead atoms. The number of carbonyl (C=O) groups excluding carboxylic acids is 1. The second-order valence-electron chi connectivity index (χ2n) is 6.63. The van der Waals surface area contributed by atoms with Crippen LogP contribution in [0.4, 0.5) is 5.82 Å². The van der Waals surface area contributed by atoms with Crippen LogP contribution in [0.25, 0.3) is 0 Å². The van der Waals surface area contributed by atoms with E-state index in [1.54, 1.807) is 0 Å². The minimum Gasteiger partial charge on any atom is -0.361 e. The number of aryl methyl sites for hydroxylation is 1. The van der Waals surface area contributed by atoms with Crippen molar-refractivity contribution in [3.05, 3.63) is 82.0 Å². The van der Waals surface area contributed by atoms with Crippen molar-refractivity contribution in [1.82, 2.24) is 15.1 Å². The SMILES string of the molecule is CCc1nn2c(c1C(=O)NCc1cccc(Cl)c1)N[C@@H](c1ccccc1)C2. The molecule has 0 spiro atoms. The summed E-state index contributed by atoms with van der Waals surface area (Å²) in [4.78, 5) is 12.9. The van der Waals surface area contributed by atoms with Crippen molar-refractivity contribution < 1.29 is 4.79 Å². The van der Waals surface area contributed by atoms with Gasteiger partial charge in [-0.1, -0.05) is 61.0 Å². The van der Waals surface area contributed by atoms with E-state index in [9.17, 15) is 4.79 Å². The molecular formula is C21H21ClN4O. The van der Waals surface area contributed by atoms with Crippen LogP contribution in [0.2, 0.25) is 5.02 Å². The summed E-state index contributed by atoms with van der Waals surface area (Å²) in [6, 6.07) is 17.8. The zero-order valence-electron chi connectivity index (χ0n) is 15.1. The fourth-order valence-corrected chi connectivity index (χ4v) is 3.66. The summed E-state index contributed by atoms with van der Waals surface area (Å²) in [6.07, 6.45) is 0.706. The molecule has 1 aliphatic rings. The van der Waals surface area contributed by atoms with Crippen LogP contribution in [-0.2, 0) is 19.5 Å². The van der Waals surface area contributed by atoms with E-state index >= 15 is 0 Å². The first-order valence-electron chi connectivity index (χ1n) is 9.09. The van der Waals surface area contributed by atoms with Crippen LogP contribution in [0.1, 0.15) is 40.1 Å². The van der Waals surface area contributed by atoms with Crippen LogP contribution in [0, 0.1) is 0 Å². The molecule has 1 atom stereocenters. The molecular weight excluding hydrogens is 360 g/mol. The van der Waals surface area contributed by atoms with Crippen molar-refractivity contribution in [2.24, 2.45) is 0 Å². The lowest BCUT2D eigenvalue weighted by molar-refractivity contribution is 0.0951. The number of halogens is 1. The largest absolute Gasteiger partial charge is 0.361 e. The zero-order valence-corrected chi connectivity index (χ0v) is 15.8. The standard InChI is InChI=1S/C21H21ClN4O/c1-2-17-19(21(27)23-12-14-7-6-10-16(22)11-14)20-24-18(13-26(20)25-17)15-8-4-3-5-9-15/h3-11,18,24H,2,12-13H2,1H3,(H,23,27)/t18-/m1/s1. The lowest BCUT2D eigenvalue weighted by atomic mass is 10.1. The number of fused-ring (bicyclic) bond motifs is 1. The van der Waals surface area contributed by atoms with Crippen molar-refractivity contribution >= 4 is 23.3 Å². The Hall–Kier alpha value is -2.79. The predicted molar refractivity (Wildman–Crippen MR) is 107 cm³/mol. The monoisotopic (exact) mass is 380 g/mol. The van der Waals surface area contributed by atoms with E-state index in [4.69, 9.17) is 11.6 Å². The van der Waals surface area contributed by atoms with E-state index in [-0.39, 0.29) is 11.9 Å². The zero-order chi connectivity index (χ0) is 18.8. The predicted octanol–water partition coefficient (Wildman–Crippen LogP) is 4.20. The molecule has 2 heterocycles. The summed E-state index contributed by atoms with van der Waals surface area (Å²) < 4.78 is 1.91. The molecule has 1 aliphatic heterocycles. The van der Waals surface area contributed by atoms with Gasteiger partial charge >= 0.3 is 0 Å². The first-order valence-corrected chi connectivity index (χ1v) is 9.47. The van der Waals surface area contributed by atoms with Crippen molar-refractivity contribution in [2.75, 3.05) is 5.32 Å². The van der Waals surface area contributed by atoms with Crippen LogP contribution in [-0.4, -0.2) is 15.7 Å².